The van der Waals surface area contributed by atoms with Crippen molar-refractivity contribution < 1.29 is 14.4 Å². The van der Waals surface area contributed by atoms with Crippen molar-refractivity contribution in [3.05, 3.63) is 52.5 Å². The molecule has 0 aromatic heterocycles. The third-order valence-corrected chi connectivity index (χ3v) is 4.87. The number of piperidine rings is 1. The van der Waals surface area contributed by atoms with E-state index >= 15 is 0 Å². The van der Waals surface area contributed by atoms with E-state index < -0.39 is 11.8 Å². The molecular weight excluding hydrogens is 392 g/mol. The number of hydrogen-bond acceptors (Lipinski definition) is 4. The fourth-order valence-electron chi connectivity index (χ4n) is 3.12. The molecule has 8 heteroatoms. The zero-order chi connectivity index (χ0) is 21.0. The average Bonchev–Trinajstić information content (AvgIpc) is 2.70. The van der Waals surface area contributed by atoms with Gasteiger partial charge in [-0.2, -0.15) is 5.26 Å². The second-order valence-corrected chi connectivity index (χ2v) is 7.15. The van der Waals surface area contributed by atoms with E-state index in [-0.39, 0.29) is 17.2 Å². The minimum absolute atomic E-state index is 0.0468. The van der Waals surface area contributed by atoms with Crippen LogP contribution in [0.25, 0.3) is 0 Å². The van der Waals surface area contributed by atoms with Crippen molar-refractivity contribution in [1.82, 2.24) is 0 Å². The second kappa shape index (κ2) is 8.76. The zero-order valence-electron chi connectivity index (χ0n) is 15.8. The maximum atomic E-state index is 12.3. The summed E-state index contributed by atoms with van der Waals surface area (Å²) in [5, 5.41) is 14.4. The number of aryl methyl sites for hydroxylation is 1. The van der Waals surface area contributed by atoms with Crippen LogP contribution in [-0.2, 0) is 14.4 Å². The molecule has 0 radical (unpaired) electrons. The highest BCUT2D eigenvalue weighted by Gasteiger charge is 2.22. The number of rotatable bonds is 3. The largest absolute Gasteiger partial charge is 0.318 e. The van der Waals surface area contributed by atoms with Crippen LogP contribution in [-0.4, -0.2) is 24.3 Å². The maximum Gasteiger partial charge on any atom is 0.314 e. The van der Waals surface area contributed by atoms with E-state index in [1.165, 1.54) is 18.2 Å². The van der Waals surface area contributed by atoms with Crippen LogP contribution in [0.5, 0.6) is 0 Å². The van der Waals surface area contributed by atoms with Crippen molar-refractivity contribution in [1.29, 1.82) is 5.26 Å². The number of amides is 3. The molecule has 148 valence electrons. The molecule has 1 aliphatic heterocycles. The van der Waals surface area contributed by atoms with Gasteiger partial charge in [-0.3, -0.25) is 14.4 Å². The molecule has 0 atom stereocenters. The topological polar surface area (TPSA) is 102 Å². The molecule has 3 rings (SSSR count). The van der Waals surface area contributed by atoms with E-state index in [1.54, 1.807) is 23.1 Å². The van der Waals surface area contributed by atoms with E-state index in [9.17, 15) is 14.4 Å². The summed E-state index contributed by atoms with van der Waals surface area (Å²) in [6.45, 7) is 2.52. The fraction of sp³-hybridized carbons (Fsp3) is 0.238. The summed E-state index contributed by atoms with van der Waals surface area (Å²) in [6, 6.07) is 11.4. The summed E-state index contributed by atoms with van der Waals surface area (Å²) >= 11 is 5.89. The van der Waals surface area contributed by atoms with Gasteiger partial charge in [0.2, 0.25) is 5.91 Å². The van der Waals surface area contributed by atoms with E-state index in [0.717, 1.165) is 24.1 Å². The standard InChI is InChI=1S/C21H19ClN4O3/c1-13-5-8-16(11-18(13)26-9-3-2-4-19(26)27)24-20(28)21(29)25-17-10-15(22)7-6-14(17)12-23/h5-8,10-11H,2-4,9H2,1H3,(H,24,28)(H,25,29). The van der Waals surface area contributed by atoms with E-state index in [0.29, 0.717) is 23.7 Å². The highest BCUT2D eigenvalue weighted by atomic mass is 35.5. The molecule has 0 spiro atoms. The first kappa shape index (κ1) is 20.4. The van der Waals surface area contributed by atoms with E-state index in [4.69, 9.17) is 16.9 Å². The number of halogens is 1. The van der Waals surface area contributed by atoms with Gasteiger partial charge in [-0.15, -0.1) is 0 Å². The van der Waals surface area contributed by atoms with Crippen LogP contribution < -0.4 is 15.5 Å². The highest BCUT2D eigenvalue weighted by molar-refractivity contribution is 6.44. The van der Waals surface area contributed by atoms with Crippen molar-refractivity contribution in [2.75, 3.05) is 22.1 Å². The summed E-state index contributed by atoms with van der Waals surface area (Å²) in [5.41, 5.74) is 2.37. The van der Waals surface area contributed by atoms with Crippen LogP contribution in [0.1, 0.15) is 30.4 Å². The lowest BCUT2D eigenvalue weighted by molar-refractivity contribution is -0.133. The van der Waals surface area contributed by atoms with Crippen molar-refractivity contribution in [3.63, 3.8) is 0 Å². The number of benzene rings is 2. The Morgan fingerprint density at radius 2 is 1.86 bits per heavy atom. The van der Waals surface area contributed by atoms with Gasteiger partial charge in [0, 0.05) is 29.4 Å². The normalized spacial score (nSPS) is 13.6. The average molecular weight is 411 g/mol. The highest BCUT2D eigenvalue weighted by Crippen LogP contribution is 2.28. The summed E-state index contributed by atoms with van der Waals surface area (Å²) in [6.07, 6.45) is 2.30. The van der Waals surface area contributed by atoms with E-state index in [2.05, 4.69) is 10.6 Å². The van der Waals surface area contributed by atoms with Gasteiger partial charge in [0.05, 0.1) is 11.3 Å². The number of carbonyl (C=O) groups is 3. The molecule has 3 amide bonds. The Kier molecular flexibility index (Phi) is 6.15. The third-order valence-electron chi connectivity index (χ3n) is 4.64. The van der Waals surface area contributed by atoms with Crippen LogP contribution in [0.15, 0.2) is 36.4 Å². The van der Waals surface area contributed by atoms with Crippen LogP contribution in [0.4, 0.5) is 17.1 Å². The van der Waals surface area contributed by atoms with Crippen LogP contribution in [0.2, 0.25) is 5.02 Å². The van der Waals surface area contributed by atoms with Gasteiger partial charge in [-0.1, -0.05) is 17.7 Å². The molecule has 29 heavy (non-hydrogen) atoms. The number of hydrogen-bond donors (Lipinski definition) is 2. The molecule has 0 bridgehead atoms. The Labute approximate surface area is 173 Å². The fourth-order valence-corrected chi connectivity index (χ4v) is 3.29. The predicted molar refractivity (Wildman–Crippen MR) is 111 cm³/mol. The first-order chi connectivity index (χ1) is 13.9. The SMILES string of the molecule is Cc1ccc(NC(=O)C(=O)Nc2cc(Cl)ccc2C#N)cc1N1CCCCC1=O. The van der Waals surface area contributed by atoms with Gasteiger partial charge in [0.15, 0.2) is 0 Å². The van der Waals surface area contributed by atoms with E-state index in [1.807, 2.05) is 13.0 Å². The van der Waals surface area contributed by atoms with Gasteiger partial charge in [-0.25, -0.2) is 0 Å². The zero-order valence-corrected chi connectivity index (χ0v) is 16.5. The summed E-state index contributed by atoms with van der Waals surface area (Å²) in [4.78, 5) is 38.5. The summed E-state index contributed by atoms with van der Waals surface area (Å²) < 4.78 is 0. The van der Waals surface area contributed by atoms with Crippen LogP contribution in [0, 0.1) is 18.3 Å². The molecule has 0 aliphatic carbocycles. The molecule has 2 aromatic rings. The van der Waals surface area contributed by atoms with Crippen LogP contribution >= 0.6 is 11.6 Å². The van der Waals surface area contributed by atoms with Gasteiger partial charge in [-0.05, 0) is 55.7 Å². The van der Waals surface area contributed by atoms with Gasteiger partial charge >= 0.3 is 11.8 Å². The molecule has 2 N–H and O–H groups in total. The number of nitrogens with zero attached hydrogens (tertiary/aromatic N) is 2. The second-order valence-electron chi connectivity index (χ2n) is 6.71. The van der Waals surface area contributed by atoms with Gasteiger partial charge in [0.1, 0.15) is 6.07 Å². The predicted octanol–water partition coefficient (Wildman–Crippen LogP) is 3.61. The Morgan fingerprint density at radius 1 is 1.10 bits per heavy atom. The number of anilines is 3. The van der Waals surface area contributed by atoms with Crippen molar-refractivity contribution in [2.45, 2.75) is 26.2 Å². The number of carbonyl (C=O) groups excluding carboxylic acids is 3. The van der Waals surface area contributed by atoms with Gasteiger partial charge < -0.3 is 15.5 Å². The molecule has 1 heterocycles. The smallest absolute Gasteiger partial charge is 0.314 e. The van der Waals surface area contributed by atoms with Gasteiger partial charge in [0.25, 0.3) is 0 Å². The number of nitrogens with one attached hydrogen (secondary N) is 2. The summed E-state index contributed by atoms with van der Waals surface area (Å²) in [7, 11) is 0. The first-order valence-corrected chi connectivity index (χ1v) is 9.50. The Balaban J connectivity index is 1.74. The van der Waals surface area contributed by atoms with Crippen molar-refractivity contribution in [2.24, 2.45) is 0 Å². The molecule has 0 saturated carbocycles. The Morgan fingerprint density at radius 3 is 2.59 bits per heavy atom. The molecule has 1 saturated heterocycles. The monoisotopic (exact) mass is 410 g/mol. The van der Waals surface area contributed by atoms with Crippen molar-refractivity contribution in [3.8, 4) is 6.07 Å². The lowest BCUT2D eigenvalue weighted by Gasteiger charge is -2.28. The third kappa shape index (κ3) is 4.73. The maximum absolute atomic E-state index is 12.3. The molecule has 2 aromatic carbocycles. The Hall–Kier alpha value is -3.37. The van der Waals surface area contributed by atoms with Crippen molar-refractivity contribution >= 4 is 46.4 Å². The molecular formula is C21H19ClN4O3. The lowest BCUT2D eigenvalue weighted by atomic mass is 10.1. The minimum Gasteiger partial charge on any atom is -0.318 e. The molecule has 1 aliphatic rings. The lowest BCUT2D eigenvalue weighted by Crippen LogP contribution is -2.35. The Bertz CT molecular complexity index is 1030. The molecule has 0 unspecified atom stereocenters. The quantitative estimate of drug-likeness (QED) is 0.754. The number of nitriles is 1. The molecule has 1 fully saturated rings. The minimum atomic E-state index is -0.931. The first-order valence-electron chi connectivity index (χ1n) is 9.12. The summed E-state index contributed by atoms with van der Waals surface area (Å²) in [5.74, 6) is -1.78. The van der Waals surface area contributed by atoms with Crippen LogP contribution in [0.3, 0.4) is 0 Å². The molecule has 7 nitrogen and oxygen atoms in total.